The van der Waals surface area contributed by atoms with Crippen molar-refractivity contribution in [3.05, 3.63) is 70.5 Å². The number of benzene rings is 2. The van der Waals surface area contributed by atoms with Crippen molar-refractivity contribution >= 4 is 6.21 Å². The topological polar surface area (TPSA) is 76.3 Å². The highest BCUT2D eigenvalue weighted by Gasteiger charge is 2.33. The summed E-state index contributed by atoms with van der Waals surface area (Å²) in [6.07, 6.45) is 2.38. The molecule has 0 aliphatic carbocycles. The zero-order valence-corrected chi connectivity index (χ0v) is 15.1. The highest BCUT2D eigenvalue weighted by Crippen LogP contribution is 2.36. The van der Waals surface area contributed by atoms with E-state index in [1.54, 1.807) is 30.3 Å². The molecular weight excluding hydrogens is 335 g/mol. The van der Waals surface area contributed by atoms with E-state index in [2.05, 4.69) is 5.16 Å². The molecule has 0 amide bonds. The van der Waals surface area contributed by atoms with Crippen LogP contribution in [0.15, 0.2) is 47.6 Å². The maximum absolute atomic E-state index is 13.4. The first-order valence-electron chi connectivity index (χ1n) is 8.45. The fraction of sp³-hybridized carbons (Fsp3) is 0.350. The lowest BCUT2D eigenvalue weighted by molar-refractivity contribution is 0.0641. The smallest absolute Gasteiger partial charge is 0.123 e. The molecule has 3 N–H and O–H groups in total. The summed E-state index contributed by atoms with van der Waals surface area (Å²) in [6, 6.07) is 10.8. The van der Waals surface area contributed by atoms with E-state index in [9.17, 15) is 14.6 Å². The summed E-state index contributed by atoms with van der Waals surface area (Å²) in [5.41, 5.74) is 0.891. The van der Waals surface area contributed by atoms with Crippen LogP contribution in [0.5, 0.6) is 0 Å². The van der Waals surface area contributed by atoms with Gasteiger partial charge in [-0.1, -0.05) is 29.4 Å². The molecule has 0 aromatic heterocycles. The standard InChI is InChI=1S/C20H25FN2O3/c1-23(2)11-3-10-20(25,17-5-7-18(21)8-6-17)19-9-4-15(13-22-26)12-16(19)14-24/h4-9,12-13,24-26H,3,10-11,14H2,1-2H3/b22-13+. The van der Waals surface area contributed by atoms with Crippen molar-refractivity contribution in [3.63, 3.8) is 0 Å². The van der Waals surface area contributed by atoms with Crippen molar-refractivity contribution in [1.82, 2.24) is 4.90 Å². The molecule has 0 aliphatic heterocycles. The number of aliphatic hydroxyl groups excluding tert-OH is 1. The van der Waals surface area contributed by atoms with Crippen molar-refractivity contribution in [2.75, 3.05) is 20.6 Å². The molecule has 0 radical (unpaired) electrons. The number of aliphatic hydroxyl groups is 2. The first-order chi connectivity index (χ1) is 12.4. The van der Waals surface area contributed by atoms with Gasteiger partial charge in [-0.3, -0.25) is 0 Å². The Balaban J connectivity index is 2.50. The second-order valence-electron chi connectivity index (χ2n) is 6.59. The minimum Gasteiger partial charge on any atom is -0.411 e. The van der Waals surface area contributed by atoms with Gasteiger partial charge in [0.25, 0.3) is 0 Å². The molecular formula is C20H25FN2O3. The molecule has 0 bridgehead atoms. The Morgan fingerprint density at radius 1 is 1.15 bits per heavy atom. The number of hydrogen-bond acceptors (Lipinski definition) is 5. The minimum atomic E-state index is -1.36. The van der Waals surface area contributed by atoms with Gasteiger partial charge in [-0.2, -0.15) is 0 Å². The molecule has 2 aromatic rings. The van der Waals surface area contributed by atoms with Crippen molar-refractivity contribution < 1.29 is 19.8 Å². The monoisotopic (exact) mass is 360 g/mol. The number of halogens is 1. The van der Waals surface area contributed by atoms with E-state index >= 15 is 0 Å². The summed E-state index contributed by atoms with van der Waals surface area (Å²) in [6.45, 7) is 0.507. The first-order valence-corrected chi connectivity index (χ1v) is 8.45. The SMILES string of the molecule is CN(C)CCCC(O)(c1ccc(F)cc1)c1ccc(/C=N/O)cc1CO. The lowest BCUT2D eigenvalue weighted by Gasteiger charge is -2.32. The van der Waals surface area contributed by atoms with Gasteiger partial charge in [-0.25, -0.2) is 4.39 Å². The van der Waals surface area contributed by atoms with Crippen LogP contribution in [0.25, 0.3) is 0 Å². The summed E-state index contributed by atoms with van der Waals surface area (Å²) >= 11 is 0. The number of oxime groups is 1. The van der Waals surface area contributed by atoms with Crippen LogP contribution in [0.1, 0.15) is 35.1 Å². The van der Waals surface area contributed by atoms with Crippen LogP contribution in [-0.2, 0) is 12.2 Å². The van der Waals surface area contributed by atoms with E-state index in [1.807, 2.05) is 19.0 Å². The number of rotatable bonds is 8. The van der Waals surface area contributed by atoms with Crippen molar-refractivity contribution in [3.8, 4) is 0 Å². The third-order valence-corrected chi connectivity index (χ3v) is 4.42. The van der Waals surface area contributed by atoms with Gasteiger partial charge in [0.15, 0.2) is 0 Å². The average Bonchev–Trinajstić information content (AvgIpc) is 2.62. The summed E-state index contributed by atoms with van der Waals surface area (Å²) in [5.74, 6) is -0.374. The summed E-state index contributed by atoms with van der Waals surface area (Å²) < 4.78 is 13.4. The Morgan fingerprint density at radius 2 is 1.85 bits per heavy atom. The summed E-state index contributed by atoms with van der Waals surface area (Å²) in [7, 11) is 3.91. The molecule has 26 heavy (non-hydrogen) atoms. The molecule has 0 aliphatic rings. The van der Waals surface area contributed by atoms with Gasteiger partial charge in [0.05, 0.1) is 12.8 Å². The molecule has 0 heterocycles. The van der Waals surface area contributed by atoms with Crippen molar-refractivity contribution in [2.24, 2.45) is 5.16 Å². The van der Waals surface area contributed by atoms with Gasteiger partial charge in [-0.15, -0.1) is 0 Å². The van der Waals surface area contributed by atoms with Crippen LogP contribution in [0.4, 0.5) is 4.39 Å². The van der Waals surface area contributed by atoms with Crippen LogP contribution >= 0.6 is 0 Å². The molecule has 2 aromatic carbocycles. The van der Waals surface area contributed by atoms with E-state index in [4.69, 9.17) is 5.21 Å². The highest BCUT2D eigenvalue weighted by atomic mass is 19.1. The zero-order valence-electron chi connectivity index (χ0n) is 15.1. The first kappa shape index (κ1) is 20.0. The molecule has 0 saturated carbocycles. The van der Waals surface area contributed by atoms with Gasteiger partial charge >= 0.3 is 0 Å². The van der Waals surface area contributed by atoms with Crippen LogP contribution in [0, 0.1) is 5.82 Å². The number of hydrogen-bond donors (Lipinski definition) is 3. The molecule has 2 rings (SSSR count). The van der Waals surface area contributed by atoms with E-state index in [1.165, 1.54) is 18.3 Å². The van der Waals surface area contributed by atoms with Gasteiger partial charge in [0.1, 0.15) is 11.4 Å². The molecule has 1 atom stereocenters. The quantitative estimate of drug-likeness (QED) is 0.384. The Morgan fingerprint density at radius 3 is 2.42 bits per heavy atom. The minimum absolute atomic E-state index is 0.278. The molecule has 0 fully saturated rings. The van der Waals surface area contributed by atoms with Gasteiger partial charge in [0, 0.05) is 0 Å². The van der Waals surface area contributed by atoms with Crippen LogP contribution in [-0.4, -0.2) is 47.2 Å². The summed E-state index contributed by atoms with van der Waals surface area (Å²) in [5, 5.41) is 33.0. The van der Waals surface area contributed by atoms with E-state index in [0.29, 0.717) is 35.1 Å². The molecule has 0 spiro atoms. The summed E-state index contributed by atoms with van der Waals surface area (Å²) in [4.78, 5) is 2.03. The van der Waals surface area contributed by atoms with E-state index in [-0.39, 0.29) is 12.4 Å². The third kappa shape index (κ3) is 4.66. The Kier molecular flexibility index (Phi) is 6.85. The van der Waals surface area contributed by atoms with E-state index in [0.717, 1.165) is 6.54 Å². The molecule has 6 heteroatoms. The average molecular weight is 360 g/mol. The molecule has 140 valence electrons. The Hall–Kier alpha value is -2.28. The van der Waals surface area contributed by atoms with Gasteiger partial charge in [-0.05, 0) is 73.9 Å². The van der Waals surface area contributed by atoms with Crippen molar-refractivity contribution in [1.29, 1.82) is 0 Å². The van der Waals surface area contributed by atoms with E-state index < -0.39 is 5.60 Å². The van der Waals surface area contributed by atoms with Crippen LogP contribution < -0.4 is 0 Å². The maximum atomic E-state index is 13.4. The normalized spacial score (nSPS) is 14.1. The largest absolute Gasteiger partial charge is 0.411 e. The zero-order chi connectivity index (χ0) is 19.2. The second kappa shape index (κ2) is 8.89. The second-order valence-corrected chi connectivity index (χ2v) is 6.59. The molecule has 1 unspecified atom stereocenters. The fourth-order valence-corrected chi connectivity index (χ4v) is 3.11. The third-order valence-electron chi connectivity index (χ3n) is 4.42. The predicted octanol–water partition coefficient (Wildman–Crippen LogP) is 2.70. The van der Waals surface area contributed by atoms with Crippen LogP contribution in [0.2, 0.25) is 0 Å². The predicted molar refractivity (Wildman–Crippen MR) is 98.9 cm³/mol. The highest BCUT2D eigenvalue weighted by molar-refractivity contribution is 5.79. The fourth-order valence-electron chi connectivity index (χ4n) is 3.11. The maximum Gasteiger partial charge on any atom is 0.123 e. The molecule has 0 saturated heterocycles. The lowest BCUT2D eigenvalue weighted by Crippen LogP contribution is -2.30. The molecule has 5 nitrogen and oxygen atoms in total. The lowest BCUT2D eigenvalue weighted by atomic mass is 9.80. The van der Waals surface area contributed by atoms with Gasteiger partial charge in [0.2, 0.25) is 0 Å². The number of nitrogens with zero attached hydrogens (tertiary/aromatic N) is 2. The Bertz CT molecular complexity index is 747. The van der Waals surface area contributed by atoms with Crippen LogP contribution in [0.3, 0.4) is 0 Å². The van der Waals surface area contributed by atoms with Gasteiger partial charge < -0.3 is 20.3 Å². The van der Waals surface area contributed by atoms with Crippen molar-refractivity contribution in [2.45, 2.75) is 25.0 Å². The Labute approximate surface area is 153 Å².